The van der Waals surface area contributed by atoms with Gasteiger partial charge in [0.05, 0.1) is 5.75 Å². The van der Waals surface area contributed by atoms with Gasteiger partial charge in [-0.3, -0.25) is 0 Å². The molecule has 0 radical (unpaired) electrons. The first-order chi connectivity index (χ1) is 7.52. The average molecular weight is 254 g/mol. The monoisotopic (exact) mass is 254 g/mol. The summed E-state index contributed by atoms with van der Waals surface area (Å²) < 4.78 is 24.3. The number of sulfone groups is 1. The Hall–Kier alpha value is -0.870. The second-order valence-electron chi connectivity index (χ2n) is 3.94. The Morgan fingerprint density at radius 3 is 2.75 bits per heavy atom. The van der Waals surface area contributed by atoms with E-state index >= 15 is 0 Å². The van der Waals surface area contributed by atoms with E-state index in [1.54, 1.807) is 18.3 Å². The summed E-state index contributed by atoms with van der Waals surface area (Å²) in [6, 6.07) is 6.14. The second kappa shape index (κ2) is 4.18. The lowest BCUT2D eigenvalue weighted by Crippen LogP contribution is -2.05. The fourth-order valence-corrected chi connectivity index (χ4v) is 3.72. The molecule has 1 heterocycles. The number of aryl methyl sites for hydroxylation is 1. The maximum atomic E-state index is 11.6. The van der Waals surface area contributed by atoms with E-state index in [4.69, 9.17) is 0 Å². The molecule has 1 aromatic heterocycles. The highest BCUT2D eigenvalue weighted by molar-refractivity contribution is 7.90. The molecule has 0 unspecified atom stereocenters. The van der Waals surface area contributed by atoms with E-state index in [2.05, 4.69) is 6.07 Å². The molecule has 86 valence electrons. The van der Waals surface area contributed by atoms with E-state index in [9.17, 15) is 8.42 Å². The maximum absolute atomic E-state index is 11.6. The molecule has 0 atom stereocenters. The smallest absolute Gasteiger partial charge is 0.154 e. The minimum atomic E-state index is -2.94. The quantitative estimate of drug-likeness (QED) is 0.843. The van der Waals surface area contributed by atoms with E-state index < -0.39 is 9.84 Å². The number of hydrogen-bond donors (Lipinski definition) is 0. The first kappa shape index (κ1) is 11.6. The Bertz CT molecular complexity index is 609. The topological polar surface area (TPSA) is 34.1 Å². The van der Waals surface area contributed by atoms with Crippen LogP contribution in [0.25, 0.3) is 10.1 Å². The van der Waals surface area contributed by atoms with Gasteiger partial charge in [-0.2, -0.15) is 0 Å². The summed E-state index contributed by atoms with van der Waals surface area (Å²) in [5.41, 5.74) is 2.14. The number of rotatable bonds is 3. The number of benzene rings is 1. The zero-order chi connectivity index (χ0) is 11.8. The first-order valence-corrected chi connectivity index (χ1v) is 7.89. The van der Waals surface area contributed by atoms with Crippen molar-refractivity contribution in [2.24, 2.45) is 0 Å². The lowest BCUT2D eigenvalue weighted by atomic mass is 10.1. The summed E-state index contributed by atoms with van der Waals surface area (Å²) in [6.07, 6.45) is 0. The molecule has 0 N–H and O–H groups in total. The van der Waals surface area contributed by atoms with Gasteiger partial charge in [0.15, 0.2) is 9.84 Å². The van der Waals surface area contributed by atoms with Crippen molar-refractivity contribution in [2.75, 3.05) is 5.75 Å². The molecule has 0 spiro atoms. The van der Waals surface area contributed by atoms with Gasteiger partial charge >= 0.3 is 0 Å². The van der Waals surface area contributed by atoms with Gasteiger partial charge in [0.25, 0.3) is 0 Å². The largest absolute Gasteiger partial charge is 0.229 e. The van der Waals surface area contributed by atoms with Gasteiger partial charge in [-0.05, 0) is 34.9 Å². The molecule has 16 heavy (non-hydrogen) atoms. The molecule has 0 aliphatic heterocycles. The zero-order valence-corrected chi connectivity index (χ0v) is 11.0. The van der Waals surface area contributed by atoms with Gasteiger partial charge in [-0.1, -0.05) is 19.1 Å². The van der Waals surface area contributed by atoms with E-state index in [0.717, 1.165) is 10.9 Å². The third-order valence-electron chi connectivity index (χ3n) is 2.63. The molecule has 0 aliphatic rings. The normalized spacial score (nSPS) is 12.1. The SMILES string of the molecule is CCS(=O)(=O)Cc1csc2cc(C)ccc12. The minimum absolute atomic E-state index is 0.159. The Morgan fingerprint density at radius 1 is 1.31 bits per heavy atom. The van der Waals surface area contributed by atoms with Crippen LogP contribution >= 0.6 is 11.3 Å². The Morgan fingerprint density at radius 2 is 2.06 bits per heavy atom. The van der Waals surface area contributed by atoms with Crippen LogP contribution in [0.2, 0.25) is 0 Å². The fraction of sp³-hybridized carbons (Fsp3) is 0.333. The predicted octanol–water partition coefficient (Wildman–Crippen LogP) is 3.14. The predicted molar refractivity (Wildman–Crippen MR) is 69.7 cm³/mol. The molecule has 0 aliphatic carbocycles. The van der Waals surface area contributed by atoms with Gasteiger partial charge in [-0.25, -0.2) is 8.42 Å². The third-order valence-corrected chi connectivity index (χ3v) is 5.25. The van der Waals surface area contributed by atoms with Crippen LogP contribution in [-0.2, 0) is 15.6 Å². The van der Waals surface area contributed by atoms with Crippen LogP contribution in [0.5, 0.6) is 0 Å². The molecule has 1 aromatic carbocycles. The average Bonchev–Trinajstić information content (AvgIpc) is 2.60. The molecule has 0 bridgehead atoms. The molecule has 4 heteroatoms. The van der Waals surface area contributed by atoms with Gasteiger partial charge < -0.3 is 0 Å². The summed E-state index contributed by atoms with van der Waals surface area (Å²) in [5.74, 6) is 0.364. The van der Waals surface area contributed by atoms with E-state index in [-0.39, 0.29) is 11.5 Å². The molecule has 2 rings (SSSR count). The Labute approximate surface area is 99.8 Å². The molecular formula is C12H14O2S2. The van der Waals surface area contributed by atoms with Crippen molar-refractivity contribution >= 4 is 31.3 Å². The number of fused-ring (bicyclic) bond motifs is 1. The van der Waals surface area contributed by atoms with Crippen LogP contribution in [0.4, 0.5) is 0 Å². The maximum Gasteiger partial charge on any atom is 0.154 e. The lowest BCUT2D eigenvalue weighted by molar-refractivity contribution is 0.596. The summed E-state index contributed by atoms with van der Waals surface area (Å²) >= 11 is 1.61. The van der Waals surface area contributed by atoms with Crippen molar-refractivity contribution in [1.29, 1.82) is 0 Å². The highest BCUT2D eigenvalue weighted by Gasteiger charge is 2.12. The summed E-state index contributed by atoms with van der Waals surface area (Å²) in [6.45, 7) is 3.73. The zero-order valence-electron chi connectivity index (χ0n) is 9.36. The molecule has 0 fully saturated rings. The standard InChI is InChI=1S/C12H14O2S2/c1-3-16(13,14)8-10-7-15-12-6-9(2)4-5-11(10)12/h4-7H,3,8H2,1-2H3. The first-order valence-electron chi connectivity index (χ1n) is 5.19. The third kappa shape index (κ3) is 2.28. The molecule has 2 aromatic rings. The molecular weight excluding hydrogens is 240 g/mol. The van der Waals surface area contributed by atoms with Crippen LogP contribution in [0.1, 0.15) is 18.1 Å². The van der Waals surface area contributed by atoms with Crippen molar-refractivity contribution in [1.82, 2.24) is 0 Å². The van der Waals surface area contributed by atoms with Crippen molar-refractivity contribution < 1.29 is 8.42 Å². The molecule has 2 nitrogen and oxygen atoms in total. The van der Waals surface area contributed by atoms with Crippen molar-refractivity contribution in [3.05, 3.63) is 34.7 Å². The van der Waals surface area contributed by atoms with Crippen LogP contribution in [0.15, 0.2) is 23.6 Å². The molecule has 0 saturated carbocycles. The van der Waals surface area contributed by atoms with Crippen molar-refractivity contribution in [3.8, 4) is 0 Å². The Kier molecular flexibility index (Phi) is 3.04. The highest BCUT2D eigenvalue weighted by Crippen LogP contribution is 2.28. The summed E-state index contributed by atoms with van der Waals surface area (Å²) in [4.78, 5) is 0. The van der Waals surface area contributed by atoms with Crippen LogP contribution < -0.4 is 0 Å². The van der Waals surface area contributed by atoms with Gasteiger partial charge in [-0.15, -0.1) is 11.3 Å². The van der Waals surface area contributed by atoms with Crippen LogP contribution in [0.3, 0.4) is 0 Å². The second-order valence-corrected chi connectivity index (χ2v) is 7.20. The van der Waals surface area contributed by atoms with Gasteiger partial charge in [0.1, 0.15) is 0 Å². The van der Waals surface area contributed by atoms with E-state index in [0.29, 0.717) is 0 Å². The molecule has 0 amide bonds. The number of thiophene rings is 1. The van der Waals surface area contributed by atoms with Crippen molar-refractivity contribution in [3.63, 3.8) is 0 Å². The van der Waals surface area contributed by atoms with E-state index in [1.807, 2.05) is 24.4 Å². The fourth-order valence-electron chi connectivity index (χ4n) is 1.64. The summed E-state index contributed by atoms with van der Waals surface area (Å²) in [5, 5.41) is 3.03. The lowest BCUT2D eigenvalue weighted by Gasteiger charge is -2.00. The Balaban J connectivity index is 2.47. The summed E-state index contributed by atoms with van der Waals surface area (Å²) in [7, 11) is -2.94. The number of hydrogen-bond acceptors (Lipinski definition) is 3. The van der Waals surface area contributed by atoms with Crippen LogP contribution in [-0.4, -0.2) is 14.2 Å². The minimum Gasteiger partial charge on any atom is -0.229 e. The molecule has 0 saturated heterocycles. The van der Waals surface area contributed by atoms with Crippen LogP contribution in [0, 0.1) is 6.92 Å². The van der Waals surface area contributed by atoms with Gasteiger partial charge in [0, 0.05) is 10.5 Å². The van der Waals surface area contributed by atoms with Gasteiger partial charge in [0.2, 0.25) is 0 Å². The highest BCUT2D eigenvalue weighted by atomic mass is 32.2. The van der Waals surface area contributed by atoms with Crippen molar-refractivity contribution in [2.45, 2.75) is 19.6 Å². The van der Waals surface area contributed by atoms with E-state index in [1.165, 1.54) is 10.3 Å².